The Balaban J connectivity index is 3.14. The van der Waals surface area contributed by atoms with E-state index in [0.717, 1.165) is 25.7 Å². The number of nitriles is 1. The molecule has 1 aromatic carbocycles. The minimum absolute atomic E-state index is 0.00300. The van der Waals surface area contributed by atoms with Crippen molar-refractivity contribution >= 4 is 16.9 Å². The first kappa shape index (κ1) is 21.6. The Hall–Kier alpha value is -1.47. The van der Waals surface area contributed by atoms with Gasteiger partial charge in [-0.2, -0.15) is 5.26 Å². The van der Waals surface area contributed by atoms with Crippen LogP contribution in [-0.2, 0) is 5.41 Å². The van der Waals surface area contributed by atoms with Crippen molar-refractivity contribution in [2.75, 3.05) is 0 Å². The molecule has 0 heterocycles. The zero-order valence-electron chi connectivity index (χ0n) is 16.3. The second-order valence-corrected chi connectivity index (χ2v) is 8.90. The van der Waals surface area contributed by atoms with Gasteiger partial charge in [0.15, 0.2) is 5.17 Å². The molecule has 1 rings (SSSR count). The summed E-state index contributed by atoms with van der Waals surface area (Å²) in [7, 11) is 0. The average molecular weight is 360 g/mol. The van der Waals surface area contributed by atoms with Gasteiger partial charge in [-0.3, -0.25) is 5.41 Å². The minimum Gasteiger partial charge on any atom is -0.379 e. The fourth-order valence-electron chi connectivity index (χ4n) is 3.59. The molecule has 0 saturated carbocycles. The first-order valence-electron chi connectivity index (χ1n) is 9.24. The molecular formula is C21H33N3S. The van der Waals surface area contributed by atoms with E-state index in [0.29, 0.717) is 11.2 Å². The fourth-order valence-corrected chi connectivity index (χ4v) is 4.62. The maximum Gasteiger partial charge on any atom is 0.151 e. The lowest BCUT2D eigenvalue weighted by Gasteiger charge is -2.33. The van der Waals surface area contributed by atoms with Crippen molar-refractivity contribution in [1.29, 1.82) is 10.7 Å². The van der Waals surface area contributed by atoms with Gasteiger partial charge in [0, 0.05) is 11.2 Å². The molecular weight excluding hydrogens is 326 g/mol. The SMILES string of the molecule is CCC(CC(C)(C)c1ccccc1C(CC)CC(C)C#N)SC(=N)N. The Morgan fingerprint density at radius 2 is 1.92 bits per heavy atom. The molecule has 1 aromatic rings. The molecule has 0 aliphatic heterocycles. The predicted molar refractivity (Wildman–Crippen MR) is 110 cm³/mol. The molecule has 0 aliphatic rings. The average Bonchev–Trinajstić information content (AvgIpc) is 2.58. The highest BCUT2D eigenvalue weighted by Crippen LogP contribution is 2.39. The van der Waals surface area contributed by atoms with Crippen LogP contribution in [0.15, 0.2) is 24.3 Å². The van der Waals surface area contributed by atoms with Crippen molar-refractivity contribution in [3.8, 4) is 6.07 Å². The van der Waals surface area contributed by atoms with Crippen LogP contribution in [0.3, 0.4) is 0 Å². The van der Waals surface area contributed by atoms with Crippen molar-refractivity contribution in [1.82, 2.24) is 0 Å². The van der Waals surface area contributed by atoms with E-state index in [-0.39, 0.29) is 16.5 Å². The third-order valence-corrected chi connectivity index (χ3v) is 6.06. The molecule has 0 aliphatic carbocycles. The molecule has 25 heavy (non-hydrogen) atoms. The summed E-state index contributed by atoms with van der Waals surface area (Å²) >= 11 is 1.47. The Labute approximate surface area is 157 Å². The maximum atomic E-state index is 9.21. The van der Waals surface area contributed by atoms with Crippen LogP contribution in [0.2, 0.25) is 0 Å². The highest BCUT2D eigenvalue weighted by atomic mass is 32.2. The summed E-state index contributed by atoms with van der Waals surface area (Å²) in [6.07, 6.45) is 3.92. The summed E-state index contributed by atoms with van der Waals surface area (Å²) in [6, 6.07) is 11.1. The lowest BCUT2D eigenvalue weighted by molar-refractivity contribution is 0.449. The summed E-state index contributed by atoms with van der Waals surface area (Å²) in [5.41, 5.74) is 8.36. The van der Waals surface area contributed by atoms with Crippen LogP contribution in [0.5, 0.6) is 0 Å². The topological polar surface area (TPSA) is 73.7 Å². The van der Waals surface area contributed by atoms with Gasteiger partial charge < -0.3 is 5.73 Å². The maximum absolute atomic E-state index is 9.21. The third-order valence-electron chi connectivity index (χ3n) is 4.97. The van der Waals surface area contributed by atoms with E-state index >= 15 is 0 Å². The van der Waals surface area contributed by atoms with Crippen LogP contribution in [0, 0.1) is 22.7 Å². The van der Waals surface area contributed by atoms with Crippen molar-refractivity contribution in [2.45, 2.75) is 76.9 Å². The Morgan fingerprint density at radius 1 is 1.28 bits per heavy atom. The molecule has 0 saturated heterocycles. The number of rotatable bonds is 9. The lowest BCUT2D eigenvalue weighted by Crippen LogP contribution is -2.26. The molecule has 3 nitrogen and oxygen atoms in total. The third kappa shape index (κ3) is 6.40. The van der Waals surface area contributed by atoms with Crippen molar-refractivity contribution in [3.63, 3.8) is 0 Å². The quantitative estimate of drug-likeness (QED) is 0.432. The summed E-state index contributed by atoms with van der Waals surface area (Å²) in [5.74, 6) is 0.475. The van der Waals surface area contributed by atoms with Gasteiger partial charge in [-0.1, -0.05) is 63.7 Å². The zero-order chi connectivity index (χ0) is 19.0. The molecule has 3 unspecified atom stereocenters. The number of nitrogens with zero attached hydrogens (tertiary/aromatic N) is 1. The number of benzene rings is 1. The molecule has 0 aromatic heterocycles. The highest BCUT2D eigenvalue weighted by Gasteiger charge is 2.29. The van der Waals surface area contributed by atoms with Crippen molar-refractivity contribution in [3.05, 3.63) is 35.4 Å². The van der Waals surface area contributed by atoms with Gasteiger partial charge in [-0.05, 0) is 55.1 Å². The van der Waals surface area contributed by atoms with Gasteiger partial charge in [0.25, 0.3) is 0 Å². The minimum atomic E-state index is 0.00300. The van der Waals surface area contributed by atoms with Crippen molar-refractivity contribution < 1.29 is 0 Å². The van der Waals surface area contributed by atoms with E-state index in [4.69, 9.17) is 11.1 Å². The predicted octanol–water partition coefficient (Wildman–Crippen LogP) is 5.80. The highest BCUT2D eigenvalue weighted by molar-refractivity contribution is 8.14. The second-order valence-electron chi connectivity index (χ2n) is 7.56. The normalized spacial score (nSPS) is 15.2. The van der Waals surface area contributed by atoms with Crippen LogP contribution >= 0.6 is 11.8 Å². The summed E-state index contributed by atoms with van der Waals surface area (Å²) in [5, 5.41) is 17.3. The number of hydrogen-bond acceptors (Lipinski definition) is 3. The van der Waals surface area contributed by atoms with Gasteiger partial charge in [0.05, 0.1) is 6.07 Å². The van der Waals surface area contributed by atoms with Crippen LogP contribution in [0.4, 0.5) is 0 Å². The molecule has 3 N–H and O–H groups in total. The number of nitrogens with one attached hydrogen (secondary N) is 1. The number of nitrogens with two attached hydrogens (primary N) is 1. The Morgan fingerprint density at radius 3 is 2.44 bits per heavy atom. The monoisotopic (exact) mass is 359 g/mol. The molecule has 0 radical (unpaired) electrons. The Kier molecular flexibility index (Phi) is 8.52. The lowest BCUT2D eigenvalue weighted by atomic mass is 9.74. The summed E-state index contributed by atoms with van der Waals surface area (Å²) < 4.78 is 0. The van der Waals surface area contributed by atoms with E-state index in [9.17, 15) is 5.26 Å². The largest absolute Gasteiger partial charge is 0.379 e. The molecule has 0 bridgehead atoms. The summed E-state index contributed by atoms with van der Waals surface area (Å²) in [6.45, 7) is 10.9. The van der Waals surface area contributed by atoms with Gasteiger partial charge in [-0.15, -0.1) is 0 Å². The molecule has 0 fully saturated rings. The van der Waals surface area contributed by atoms with E-state index in [2.05, 4.69) is 58.0 Å². The van der Waals surface area contributed by atoms with Gasteiger partial charge in [-0.25, -0.2) is 0 Å². The molecule has 4 heteroatoms. The zero-order valence-corrected chi connectivity index (χ0v) is 17.1. The first-order valence-corrected chi connectivity index (χ1v) is 10.1. The molecule has 0 amide bonds. The molecule has 0 spiro atoms. The van der Waals surface area contributed by atoms with Crippen LogP contribution < -0.4 is 5.73 Å². The van der Waals surface area contributed by atoms with Gasteiger partial charge in [0.2, 0.25) is 0 Å². The Bertz CT molecular complexity index is 603. The van der Waals surface area contributed by atoms with Crippen LogP contribution in [-0.4, -0.2) is 10.4 Å². The van der Waals surface area contributed by atoms with Gasteiger partial charge >= 0.3 is 0 Å². The standard InChI is InChI=1S/C21H33N3S/c1-6-16(12-15(3)14-22)18-10-8-9-11-19(18)21(4,5)13-17(7-2)25-20(23)24/h8-11,15-17H,6-7,12-13H2,1-5H3,(H3,23,24). The smallest absolute Gasteiger partial charge is 0.151 e. The number of thioether (sulfide) groups is 1. The summed E-state index contributed by atoms with van der Waals surface area (Å²) in [4.78, 5) is 0. The molecule has 3 atom stereocenters. The van der Waals surface area contributed by atoms with E-state index in [1.54, 1.807) is 0 Å². The van der Waals surface area contributed by atoms with Crippen LogP contribution in [0.1, 0.15) is 77.3 Å². The van der Waals surface area contributed by atoms with E-state index in [1.165, 1.54) is 22.9 Å². The van der Waals surface area contributed by atoms with Crippen molar-refractivity contribution in [2.24, 2.45) is 11.7 Å². The number of amidine groups is 1. The second kappa shape index (κ2) is 9.87. The van der Waals surface area contributed by atoms with E-state index in [1.807, 2.05) is 6.92 Å². The number of hydrogen-bond donors (Lipinski definition) is 2. The van der Waals surface area contributed by atoms with Gasteiger partial charge in [0.1, 0.15) is 0 Å². The van der Waals surface area contributed by atoms with E-state index < -0.39 is 0 Å². The fraction of sp³-hybridized carbons (Fsp3) is 0.619. The molecule has 138 valence electrons. The van der Waals surface area contributed by atoms with Crippen LogP contribution in [0.25, 0.3) is 0 Å². The first-order chi connectivity index (χ1) is 11.7.